The molecule has 2 aliphatic rings. The van der Waals surface area contributed by atoms with Gasteiger partial charge < -0.3 is 19.6 Å². The summed E-state index contributed by atoms with van der Waals surface area (Å²) in [6.45, 7) is 5.96. The first-order valence-corrected chi connectivity index (χ1v) is 13.4. The highest BCUT2D eigenvalue weighted by molar-refractivity contribution is 5.85. The summed E-state index contributed by atoms with van der Waals surface area (Å²) < 4.78 is 11.7. The number of hydrogen-bond donors (Lipinski definition) is 1. The Balaban J connectivity index is 1.19. The molecule has 202 valence electrons. The standard InChI is InChI=1S/C29H36N4O5/c1-29(2,3)17-26(34)30-24(28(35)38-27(20-10-11-20)21-12-13-21)16-19-8-14-22(15-9-19)36-18-37-33-25-7-5-4-6-23(25)31-32-33/h4-9,14-15,20-21,24,27H,10-13,16-18H2,1-3H3,(H,30,34)/t24-/m0/s1. The highest BCUT2D eigenvalue weighted by Gasteiger charge is 2.45. The van der Waals surface area contributed by atoms with Gasteiger partial charge >= 0.3 is 5.97 Å². The van der Waals surface area contributed by atoms with Gasteiger partial charge in [-0.2, -0.15) is 0 Å². The highest BCUT2D eigenvalue weighted by atomic mass is 16.8. The topological polar surface area (TPSA) is 105 Å². The van der Waals surface area contributed by atoms with E-state index in [1.54, 1.807) is 0 Å². The molecule has 38 heavy (non-hydrogen) atoms. The first-order chi connectivity index (χ1) is 18.2. The smallest absolute Gasteiger partial charge is 0.329 e. The second-order valence-corrected chi connectivity index (χ2v) is 11.6. The number of para-hydroxylation sites is 1. The maximum absolute atomic E-state index is 13.2. The van der Waals surface area contributed by atoms with Crippen LogP contribution in [0.2, 0.25) is 0 Å². The highest BCUT2D eigenvalue weighted by Crippen LogP contribution is 2.46. The fourth-order valence-corrected chi connectivity index (χ4v) is 4.61. The Bertz CT molecular complexity index is 1250. The first kappa shape index (κ1) is 26.0. The van der Waals surface area contributed by atoms with Crippen LogP contribution in [0.4, 0.5) is 0 Å². The van der Waals surface area contributed by atoms with Crippen LogP contribution in [0, 0.1) is 17.3 Å². The van der Waals surface area contributed by atoms with Crippen molar-refractivity contribution < 1.29 is 23.9 Å². The molecular formula is C29H36N4O5. The molecule has 0 bridgehead atoms. The fraction of sp³-hybridized carbons (Fsp3) is 0.517. The number of benzene rings is 2. The molecule has 2 fully saturated rings. The minimum Gasteiger partial charge on any atom is -0.460 e. The minimum atomic E-state index is -0.736. The van der Waals surface area contributed by atoms with E-state index in [1.807, 2.05) is 69.3 Å². The summed E-state index contributed by atoms with van der Waals surface area (Å²) in [6.07, 6.45) is 5.14. The van der Waals surface area contributed by atoms with Crippen molar-refractivity contribution in [2.75, 3.05) is 6.79 Å². The largest absolute Gasteiger partial charge is 0.460 e. The van der Waals surface area contributed by atoms with Crippen molar-refractivity contribution in [1.82, 2.24) is 20.5 Å². The molecule has 0 radical (unpaired) electrons. The van der Waals surface area contributed by atoms with Gasteiger partial charge in [-0.15, -0.1) is 5.10 Å². The Labute approximate surface area is 222 Å². The quantitative estimate of drug-likeness (QED) is 0.283. The number of hydrogen-bond acceptors (Lipinski definition) is 7. The van der Waals surface area contributed by atoms with Gasteiger partial charge in [-0.25, -0.2) is 4.79 Å². The van der Waals surface area contributed by atoms with Crippen molar-refractivity contribution in [2.24, 2.45) is 17.3 Å². The molecule has 0 saturated heterocycles. The molecule has 0 aliphatic heterocycles. The number of carbonyl (C=O) groups excluding carboxylic acids is 2. The number of amides is 1. The minimum absolute atomic E-state index is 0.0117. The van der Waals surface area contributed by atoms with Crippen molar-refractivity contribution >= 4 is 22.9 Å². The lowest BCUT2D eigenvalue weighted by Gasteiger charge is -2.24. The molecule has 1 heterocycles. The lowest BCUT2D eigenvalue weighted by atomic mass is 9.91. The van der Waals surface area contributed by atoms with E-state index in [1.165, 1.54) is 4.85 Å². The predicted octanol–water partition coefficient (Wildman–Crippen LogP) is 4.09. The molecule has 2 saturated carbocycles. The summed E-state index contributed by atoms with van der Waals surface area (Å²) >= 11 is 0. The summed E-state index contributed by atoms with van der Waals surface area (Å²) in [4.78, 5) is 32.9. The Morgan fingerprint density at radius 2 is 1.71 bits per heavy atom. The van der Waals surface area contributed by atoms with Gasteiger partial charge in [0.25, 0.3) is 6.79 Å². The molecule has 9 heteroatoms. The van der Waals surface area contributed by atoms with E-state index in [4.69, 9.17) is 14.3 Å². The number of fused-ring (bicyclic) bond motifs is 1. The van der Waals surface area contributed by atoms with Gasteiger partial charge in [0, 0.05) is 12.8 Å². The molecule has 1 aromatic heterocycles. The van der Waals surface area contributed by atoms with Crippen LogP contribution in [0.3, 0.4) is 0 Å². The van der Waals surface area contributed by atoms with E-state index < -0.39 is 6.04 Å². The van der Waals surface area contributed by atoms with Crippen LogP contribution in [0.25, 0.3) is 11.0 Å². The predicted molar refractivity (Wildman–Crippen MR) is 141 cm³/mol. The molecule has 9 nitrogen and oxygen atoms in total. The van der Waals surface area contributed by atoms with Crippen LogP contribution in [-0.4, -0.2) is 46.0 Å². The number of carbonyl (C=O) groups is 2. The van der Waals surface area contributed by atoms with E-state index in [9.17, 15) is 9.59 Å². The second kappa shape index (κ2) is 11.0. The van der Waals surface area contributed by atoms with Gasteiger partial charge in [-0.3, -0.25) is 4.79 Å². The summed E-state index contributed by atoms with van der Waals surface area (Å²) in [5, 5.41) is 11.0. The van der Waals surface area contributed by atoms with E-state index in [-0.39, 0.29) is 30.2 Å². The van der Waals surface area contributed by atoms with Crippen LogP contribution >= 0.6 is 0 Å². The molecule has 0 unspecified atom stereocenters. The number of aromatic nitrogens is 3. The normalized spacial score (nSPS) is 16.3. The first-order valence-electron chi connectivity index (χ1n) is 13.4. The van der Waals surface area contributed by atoms with E-state index >= 15 is 0 Å². The Morgan fingerprint density at radius 1 is 1.03 bits per heavy atom. The Kier molecular flexibility index (Phi) is 7.53. The summed E-state index contributed by atoms with van der Waals surface area (Å²) in [5.74, 6) is 1.08. The maximum Gasteiger partial charge on any atom is 0.329 e. The Hall–Kier alpha value is -3.62. The van der Waals surface area contributed by atoms with Crippen molar-refractivity contribution in [3.8, 4) is 5.75 Å². The zero-order valence-electron chi connectivity index (χ0n) is 22.3. The lowest BCUT2D eigenvalue weighted by molar-refractivity contribution is -0.155. The second-order valence-electron chi connectivity index (χ2n) is 11.6. The van der Waals surface area contributed by atoms with Crippen LogP contribution < -0.4 is 14.9 Å². The van der Waals surface area contributed by atoms with E-state index in [0.29, 0.717) is 30.4 Å². The third-order valence-electron chi connectivity index (χ3n) is 6.82. The molecule has 5 rings (SSSR count). The van der Waals surface area contributed by atoms with Gasteiger partial charge in [0.1, 0.15) is 28.9 Å². The van der Waals surface area contributed by atoms with Crippen molar-refractivity contribution in [1.29, 1.82) is 0 Å². The van der Waals surface area contributed by atoms with Gasteiger partial charge in [-0.1, -0.05) is 49.9 Å². The molecule has 1 atom stereocenters. The number of nitrogens with zero attached hydrogens (tertiary/aromatic N) is 3. The number of ether oxygens (including phenoxy) is 2. The zero-order chi connectivity index (χ0) is 26.7. The van der Waals surface area contributed by atoms with Gasteiger partial charge in [0.2, 0.25) is 5.91 Å². The molecule has 3 aromatic rings. The summed E-state index contributed by atoms with van der Waals surface area (Å²) in [5.41, 5.74) is 2.21. The van der Waals surface area contributed by atoms with Crippen LogP contribution in [0.1, 0.15) is 58.4 Å². The fourth-order valence-electron chi connectivity index (χ4n) is 4.61. The van der Waals surface area contributed by atoms with Crippen molar-refractivity contribution in [3.05, 3.63) is 54.1 Å². The van der Waals surface area contributed by atoms with Gasteiger partial charge in [0.15, 0.2) is 0 Å². The number of nitrogens with one attached hydrogen (secondary N) is 1. The van der Waals surface area contributed by atoms with E-state index in [2.05, 4.69) is 15.6 Å². The molecule has 1 amide bonds. The zero-order valence-corrected chi connectivity index (χ0v) is 22.3. The monoisotopic (exact) mass is 520 g/mol. The third-order valence-corrected chi connectivity index (χ3v) is 6.82. The van der Waals surface area contributed by atoms with Crippen molar-refractivity contribution in [3.63, 3.8) is 0 Å². The molecular weight excluding hydrogens is 484 g/mol. The van der Waals surface area contributed by atoms with Crippen molar-refractivity contribution in [2.45, 2.75) is 71.4 Å². The number of esters is 1. The lowest BCUT2D eigenvalue weighted by Crippen LogP contribution is -2.45. The number of rotatable bonds is 12. The Morgan fingerprint density at radius 3 is 2.37 bits per heavy atom. The van der Waals surface area contributed by atoms with Gasteiger partial charge in [0.05, 0.1) is 0 Å². The van der Waals surface area contributed by atoms with E-state index in [0.717, 1.165) is 42.3 Å². The SMILES string of the molecule is CC(C)(C)CC(=O)N[C@@H](Cc1ccc(OCOn2nnc3ccccc32)cc1)C(=O)OC(C1CC1)C1CC1. The van der Waals surface area contributed by atoms with Crippen LogP contribution in [0.5, 0.6) is 5.75 Å². The molecule has 2 aromatic carbocycles. The summed E-state index contributed by atoms with van der Waals surface area (Å²) in [6, 6.07) is 14.2. The molecule has 1 N–H and O–H groups in total. The average molecular weight is 521 g/mol. The molecule has 0 spiro atoms. The third kappa shape index (κ3) is 7.02. The van der Waals surface area contributed by atoms with Gasteiger partial charge in [-0.05, 0) is 78.0 Å². The summed E-state index contributed by atoms with van der Waals surface area (Å²) in [7, 11) is 0. The maximum atomic E-state index is 13.2. The average Bonchev–Trinajstić information content (AvgIpc) is 3.80. The van der Waals surface area contributed by atoms with Crippen LogP contribution in [-0.2, 0) is 20.7 Å². The molecule has 2 aliphatic carbocycles. The van der Waals surface area contributed by atoms with Crippen LogP contribution in [0.15, 0.2) is 48.5 Å².